The molecule has 0 aliphatic heterocycles. The maximum absolute atomic E-state index is 6.05. The molecule has 1 aliphatic rings. The topological polar surface area (TPSA) is 43.8 Å². The van der Waals surface area contributed by atoms with Crippen molar-refractivity contribution in [2.45, 2.75) is 38.6 Å². The molecule has 14 heavy (non-hydrogen) atoms. The third-order valence-corrected chi connectivity index (χ3v) is 3.03. The van der Waals surface area contributed by atoms with Gasteiger partial charge in [0, 0.05) is 12.5 Å². The normalized spacial score (nSPS) is 16.6. The molecule has 3 nitrogen and oxygen atoms in total. The minimum Gasteiger partial charge on any atom is -0.384 e. The van der Waals surface area contributed by atoms with E-state index in [-0.39, 0.29) is 0 Å². The van der Waals surface area contributed by atoms with E-state index in [0.717, 1.165) is 23.9 Å². The van der Waals surface area contributed by atoms with Gasteiger partial charge in [-0.05, 0) is 19.8 Å². The summed E-state index contributed by atoms with van der Waals surface area (Å²) >= 11 is 0. The van der Waals surface area contributed by atoms with Crippen LogP contribution in [-0.4, -0.2) is 9.55 Å². The first-order valence-corrected chi connectivity index (χ1v) is 5.17. The molecule has 0 aromatic carbocycles. The maximum Gasteiger partial charge on any atom is 0.127 e. The van der Waals surface area contributed by atoms with Crippen molar-refractivity contribution in [3.63, 3.8) is 0 Å². The van der Waals surface area contributed by atoms with Gasteiger partial charge >= 0.3 is 0 Å². The van der Waals surface area contributed by atoms with Crippen molar-refractivity contribution in [1.82, 2.24) is 9.55 Å². The summed E-state index contributed by atoms with van der Waals surface area (Å²) in [7, 11) is 0. The van der Waals surface area contributed by atoms with Crippen molar-refractivity contribution < 1.29 is 0 Å². The minimum absolute atomic E-state index is 0.611. The fourth-order valence-corrected chi connectivity index (χ4v) is 1.95. The number of nitrogen functional groups attached to an aromatic ring is 1. The smallest absolute Gasteiger partial charge is 0.127 e. The Morgan fingerprint density at radius 1 is 1.64 bits per heavy atom. The Hall–Kier alpha value is -1.25. The number of aromatic nitrogens is 2. The van der Waals surface area contributed by atoms with Gasteiger partial charge in [-0.25, -0.2) is 4.98 Å². The minimum atomic E-state index is 0.611. The van der Waals surface area contributed by atoms with Crippen molar-refractivity contribution in [2.24, 2.45) is 0 Å². The number of rotatable bonds is 3. The summed E-state index contributed by atoms with van der Waals surface area (Å²) in [6.45, 7) is 6.49. The third kappa shape index (κ3) is 1.33. The van der Waals surface area contributed by atoms with E-state index < -0.39 is 0 Å². The zero-order valence-corrected chi connectivity index (χ0v) is 8.66. The molecule has 0 unspecified atom stereocenters. The van der Waals surface area contributed by atoms with E-state index in [2.05, 4.69) is 11.6 Å². The Bertz CT molecular complexity index is 348. The van der Waals surface area contributed by atoms with Crippen molar-refractivity contribution in [1.29, 1.82) is 0 Å². The average Bonchev–Trinajstić information content (AvgIpc) is 2.31. The summed E-state index contributed by atoms with van der Waals surface area (Å²) in [6, 6.07) is 0. The summed E-state index contributed by atoms with van der Waals surface area (Å²) in [5, 5.41) is 0. The molecule has 0 spiro atoms. The lowest BCUT2D eigenvalue weighted by Crippen LogP contribution is -2.12. The van der Waals surface area contributed by atoms with Gasteiger partial charge in [0.2, 0.25) is 0 Å². The fraction of sp³-hybridized carbons (Fsp3) is 0.545. The highest BCUT2D eigenvalue weighted by atomic mass is 15.1. The van der Waals surface area contributed by atoms with Crippen LogP contribution in [0, 0.1) is 6.92 Å². The number of nitrogens with two attached hydrogens (primary N) is 1. The van der Waals surface area contributed by atoms with Crippen LogP contribution in [0.5, 0.6) is 0 Å². The highest BCUT2D eigenvalue weighted by molar-refractivity contribution is 5.41. The summed E-state index contributed by atoms with van der Waals surface area (Å²) < 4.78 is 2.03. The van der Waals surface area contributed by atoms with E-state index in [1.807, 2.05) is 17.6 Å². The van der Waals surface area contributed by atoms with Crippen LogP contribution >= 0.6 is 0 Å². The van der Waals surface area contributed by atoms with E-state index in [1.165, 1.54) is 19.3 Å². The van der Waals surface area contributed by atoms with Crippen molar-refractivity contribution >= 4 is 5.82 Å². The highest BCUT2D eigenvalue weighted by Crippen LogP contribution is 2.38. The Morgan fingerprint density at radius 3 is 2.86 bits per heavy atom. The van der Waals surface area contributed by atoms with Crippen LogP contribution in [0.4, 0.5) is 5.82 Å². The fourth-order valence-electron chi connectivity index (χ4n) is 1.95. The molecule has 2 N–H and O–H groups in total. The molecule has 76 valence electrons. The molecule has 1 fully saturated rings. The van der Waals surface area contributed by atoms with Crippen molar-refractivity contribution in [3.05, 3.63) is 24.2 Å². The number of aryl methyl sites for hydroxylation is 1. The molecule has 0 radical (unpaired) electrons. The molecule has 1 aromatic rings. The summed E-state index contributed by atoms with van der Waals surface area (Å²) in [4.78, 5) is 4.54. The van der Waals surface area contributed by atoms with E-state index in [1.54, 1.807) is 0 Å². The van der Waals surface area contributed by atoms with Crippen LogP contribution in [0.3, 0.4) is 0 Å². The monoisotopic (exact) mass is 191 g/mol. The second-order valence-electron chi connectivity index (χ2n) is 3.96. The van der Waals surface area contributed by atoms with Gasteiger partial charge in [-0.15, -0.1) is 6.58 Å². The molecule has 1 heterocycles. The maximum atomic E-state index is 6.05. The molecule has 0 bridgehead atoms. The Balaban J connectivity index is 2.32. The SMILES string of the molecule is C=CCn1c(C)nc(C2CCC2)c1N. The van der Waals surface area contributed by atoms with Gasteiger partial charge in [-0.1, -0.05) is 12.5 Å². The first-order valence-electron chi connectivity index (χ1n) is 5.17. The van der Waals surface area contributed by atoms with E-state index >= 15 is 0 Å². The lowest BCUT2D eigenvalue weighted by atomic mass is 9.83. The number of imidazole rings is 1. The van der Waals surface area contributed by atoms with E-state index in [4.69, 9.17) is 5.73 Å². The number of anilines is 1. The van der Waals surface area contributed by atoms with Crippen LogP contribution in [-0.2, 0) is 6.54 Å². The van der Waals surface area contributed by atoms with E-state index in [9.17, 15) is 0 Å². The van der Waals surface area contributed by atoms with Gasteiger partial charge < -0.3 is 10.3 Å². The van der Waals surface area contributed by atoms with Crippen LogP contribution in [0.25, 0.3) is 0 Å². The Morgan fingerprint density at radius 2 is 2.36 bits per heavy atom. The molecular formula is C11H17N3. The molecule has 0 amide bonds. The van der Waals surface area contributed by atoms with Crippen LogP contribution in [0.1, 0.15) is 36.7 Å². The summed E-state index contributed by atoms with van der Waals surface area (Å²) in [5.41, 5.74) is 7.16. The summed E-state index contributed by atoms with van der Waals surface area (Å²) in [5.74, 6) is 2.45. The van der Waals surface area contributed by atoms with Crippen LogP contribution in [0.2, 0.25) is 0 Å². The van der Waals surface area contributed by atoms with Gasteiger partial charge in [-0.2, -0.15) is 0 Å². The zero-order chi connectivity index (χ0) is 10.1. The van der Waals surface area contributed by atoms with Crippen molar-refractivity contribution in [2.75, 3.05) is 5.73 Å². The van der Waals surface area contributed by atoms with Crippen LogP contribution < -0.4 is 5.73 Å². The lowest BCUT2D eigenvalue weighted by Gasteiger charge is -2.23. The second kappa shape index (κ2) is 3.48. The number of hydrogen-bond acceptors (Lipinski definition) is 2. The predicted molar refractivity (Wildman–Crippen MR) is 58.2 cm³/mol. The third-order valence-electron chi connectivity index (χ3n) is 3.03. The molecule has 2 rings (SSSR count). The van der Waals surface area contributed by atoms with Crippen LogP contribution in [0.15, 0.2) is 12.7 Å². The molecule has 1 saturated carbocycles. The Labute approximate surface area is 84.6 Å². The second-order valence-corrected chi connectivity index (χ2v) is 3.96. The van der Waals surface area contributed by atoms with Gasteiger partial charge in [0.05, 0.1) is 5.69 Å². The molecule has 0 atom stereocenters. The molecule has 1 aliphatic carbocycles. The van der Waals surface area contributed by atoms with Gasteiger partial charge in [0.25, 0.3) is 0 Å². The highest BCUT2D eigenvalue weighted by Gasteiger charge is 2.25. The molecule has 1 aromatic heterocycles. The van der Waals surface area contributed by atoms with Gasteiger partial charge in [0.1, 0.15) is 11.6 Å². The number of nitrogens with zero attached hydrogens (tertiary/aromatic N) is 2. The molecule has 3 heteroatoms. The Kier molecular flexibility index (Phi) is 2.32. The number of hydrogen-bond donors (Lipinski definition) is 1. The van der Waals surface area contributed by atoms with Gasteiger partial charge in [0.15, 0.2) is 0 Å². The van der Waals surface area contributed by atoms with Gasteiger partial charge in [-0.3, -0.25) is 0 Å². The molecular weight excluding hydrogens is 174 g/mol. The van der Waals surface area contributed by atoms with Crippen molar-refractivity contribution in [3.8, 4) is 0 Å². The molecule has 0 saturated heterocycles. The standard InChI is InChI=1S/C11H17N3/c1-3-7-14-8(2)13-10(11(14)12)9-5-4-6-9/h3,9H,1,4-7,12H2,2H3. The lowest BCUT2D eigenvalue weighted by molar-refractivity contribution is 0.413. The largest absolute Gasteiger partial charge is 0.384 e. The summed E-state index contributed by atoms with van der Waals surface area (Å²) in [6.07, 6.45) is 5.66. The zero-order valence-electron chi connectivity index (χ0n) is 8.66. The quantitative estimate of drug-likeness (QED) is 0.744. The van der Waals surface area contributed by atoms with E-state index in [0.29, 0.717) is 5.92 Å². The first-order chi connectivity index (χ1) is 6.74. The first kappa shape index (κ1) is 9.31. The predicted octanol–water partition coefficient (Wildman–Crippen LogP) is 2.23. The average molecular weight is 191 g/mol. The number of allylic oxidation sites excluding steroid dienone is 1.